The van der Waals surface area contributed by atoms with E-state index < -0.39 is 6.04 Å². The maximum Gasteiger partial charge on any atom is 0.243 e. The summed E-state index contributed by atoms with van der Waals surface area (Å²) in [6.07, 6.45) is 0.732. The first-order chi connectivity index (χ1) is 17.4. The summed E-state index contributed by atoms with van der Waals surface area (Å²) in [5.41, 5.74) is 2.99. The molecule has 0 fully saturated rings. The van der Waals surface area contributed by atoms with Gasteiger partial charge in [-0.25, -0.2) is 4.39 Å². The summed E-state index contributed by atoms with van der Waals surface area (Å²) in [4.78, 5) is 28.6. The third kappa shape index (κ3) is 9.15. The van der Waals surface area contributed by atoms with E-state index in [4.69, 9.17) is 0 Å². The van der Waals surface area contributed by atoms with Crippen molar-refractivity contribution in [3.05, 3.63) is 107 Å². The minimum absolute atomic E-state index is 0.0829. The number of nitrogens with one attached hydrogen (secondary N) is 1. The number of carbonyl (C=O) groups excluding carboxylic acids is 2. The van der Waals surface area contributed by atoms with E-state index in [1.807, 2.05) is 62.4 Å². The first-order valence-corrected chi connectivity index (χ1v) is 13.5. The zero-order valence-electron chi connectivity index (χ0n) is 21.0. The van der Waals surface area contributed by atoms with Gasteiger partial charge in [-0.3, -0.25) is 9.59 Å². The molecule has 2 amide bonds. The lowest BCUT2D eigenvalue weighted by atomic mass is 10.0. The molecular weight excluding hydrogens is 471 g/mol. The Morgan fingerprint density at radius 3 is 2.08 bits per heavy atom. The molecule has 36 heavy (non-hydrogen) atoms. The van der Waals surface area contributed by atoms with Gasteiger partial charge in [-0.15, -0.1) is 0 Å². The van der Waals surface area contributed by atoms with Gasteiger partial charge in [0.25, 0.3) is 0 Å². The second-order valence-electron chi connectivity index (χ2n) is 9.28. The van der Waals surface area contributed by atoms with Crippen LogP contribution in [0.3, 0.4) is 0 Å². The summed E-state index contributed by atoms with van der Waals surface area (Å²) in [6, 6.07) is 25.4. The second-order valence-corrected chi connectivity index (χ2v) is 10.4. The van der Waals surface area contributed by atoms with Gasteiger partial charge in [0.05, 0.1) is 0 Å². The maximum absolute atomic E-state index is 13.6. The summed E-state index contributed by atoms with van der Waals surface area (Å²) < 4.78 is 13.5. The van der Waals surface area contributed by atoms with E-state index in [2.05, 4.69) is 17.4 Å². The van der Waals surface area contributed by atoms with Crippen molar-refractivity contribution in [1.82, 2.24) is 10.2 Å². The van der Waals surface area contributed by atoms with Crippen LogP contribution in [-0.4, -0.2) is 35.1 Å². The van der Waals surface area contributed by atoms with E-state index in [1.54, 1.807) is 28.8 Å². The number of carbonyl (C=O) groups is 2. The van der Waals surface area contributed by atoms with Crippen molar-refractivity contribution >= 4 is 23.6 Å². The van der Waals surface area contributed by atoms with Crippen LogP contribution in [0.15, 0.2) is 84.9 Å². The fourth-order valence-electron chi connectivity index (χ4n) is 3.83. The monoisotopic (exact) mass is 506 g/mol. The smallest absolute Gasteiger partial charge is 0.243 e. The van der Waals surface area contributed by atoms with Crippen LogP contribution >= 0.6 is 11.8 Å². The molecule has 190 valence electrons. The van der Waals surface area contributed by atoms with E-state index in [1.165, 1.54) is 17.7 Å². The summed E-state index contributed by atoms with van der Waals surface area (Å²) in [5, 5.41) is 3.02. The normalized spacial score (nSPS) is 11.8. The number of thioether (sulfide) groups is 1. The van der Waals surface area contributed by atoms with Gasteiger partial charge in [0.1, 0.15) is 11.9 Å². The molecule has 0 aliphatic carbocycles. The number of nitrogens with zero attached hydrogens (tertiary/aromatic N) is 1. The SMILES string of the molecule is CC(C)CNC(=O)[C@@H](Cc1ccccc1)N(Cc1ccc(F)cc1)C(=O)CCSCc1ccccc1. The molecule has 0 aromatic heterocycles. The number of benzene rings is 3. The average Bonchev–Trinajstić information content (AvgIpc) is 2.89. The quantitative estimate of drug-likeness (QED) is 0.295. The Morgan fingerprint density at radius 1 is 0.861 bits per heavy atom. The lowest BCUT2D eigenvalue weighted by molar-refractivity contribution is -0.141. The predicted octanol–water partition coefficient (Wildman–Crippen LogP) is 5.86. The fraction of sp³-hybridized carbons (Fsp3) is 0.333. The van der Waals surface area contributed by atoms with Crippen molar-refractivity contribution in [3.63, 3.8) is 0 Å². The number of amides is 2. The average molecular weight is 507 g/mol. The van der Waals surface area contributed by atoms with E-state index in [-0.39, 0.29) is 24.2 Å². The number of halogens is 1. The lowest BCUT2D eigenvalue weighted by Crippen LogP contribution is -2.51. The van der Waals surface area contributed by atoms with Crippen LogP contribution in [0.2, 0.25) is 0 Å². The summed E-state index contributed by atoms with van der Waals surface area (Å²) >= 11 is 1.70. The van der Waals surface area contributed by atoms with Crippen LogP contribution in [-0.2, 0) is 28.3 Å². The van der Waals surface area contributed by atoms with Gasteiger partial charge < -0.3 is 10.2 Å². The van der Waals surface area contributed by atoms with Gasteiger partial charge in [0.15, 0.2) is 0 Å². The molecule has 3 aromatic carbocycles. The number of hydrogen-bond donors (Lipinski definition) is 1. The Kier molecular flexibility index (Phi) is 11.0. The first kappa shape index (κ1) is 27.5. The van der Waals surface area contributed by atoms with Crippen LogP contribution in [0.1, 0.15) is 37.0 Å². The van der Waals surface area contributed by atoms with Crippen molar-refractivity contribution in [2.24, 2.45) is 5.92 Å². The van der Waals surface area contributed by atoms with E-state index in [0.29, 0.717) is 31.1 Å². The lowest BCUT2D eigenvalue weighted by Gasteiger charge is -2.32. The van der Waals surface area contributed by atoms with E-state index in [9.17, 15) is 14.0 Å². The highest BCUT2D eigenvalue weighted by molar-refractivity contribution is 7.98. The number of hydrogen-bond acceptors (Lipinski definition) is 3. The Morgan fingerprint density at radius 2 is 1.47 bits per heavy atom. The van der Waals surface area contributed by atoms with Crippen molar-refractivity contribution in [1.29, 1.82) is 0 Å². The predicted molar refractivity (Wildman–Crippen MR) is 146 cm³/mol. The molecule has 3 rings (SSSR count). The van der Waals surface area contributed by atoms with Crippen molar-refractivity contribution in [2.45, 2.75) is 45.0 Å². The molecule has 4 nitrogen and oxygen atoms in total. The maximum atomic E-state index is 13.6. The largest absolute Gasteiger partial charge is 0.354 e. The van der Waals surface area contributed by atoms with Gasteiger partial charge in [-0.05, 0) is 34.7 Å². The molecule has 0 heterocycles. The highest BCUT2D eigenvalue weighted by Gasteiger charge is 2.30. The highest BCUT2D eigenvalue weighted by atomic mass is 32.2. The van der Waals surface area contributed by atoms with Crippen LogP contribution in [0, 0.1) is 11.7 Å². The van der Waals surface area contributed by atoms with Crippen LogP contribution in [0.5, 0.6) is 0 Å². The van der Waals surface area contributed by atoms with Crippen molar-refractivity contribution in [2.75, 3.05) is 12.3 Å². The summed E-state index contributed by atoms with van der Waals surface area (Å²) in [7, 11) is 0. The summed E-state index contributed by atoms with van der Waals surface area (Å²) in [6.45, 7) is 4.86. The van der Waals surface area contributed by atoms with E-state index >= 15 is 0 Å². The fourth-order valence-corrected chi connectivity index (χ4v) is 4.72. The minimum atomic E-state index is -0.664. The molecule has 0 unspecified atom stereocenters. The molecule has 0 saturated carbocycles. The highest BCUT2D eigenvalue weighted by Crippen LogP contribution is 2.19. The van der Waals surface area contributed by atoms with Crippen LogP contribution in [0.4, 0.5) is 4.39 Å². The van der Waals surface area contributed by atoms with E-state index in [0.717, 1.165) is 16.9 Å². The molecule has 6 heteroatoms. The second kappa shape index (κ2) is 14.4. The molecule has 0 saturated heterocycles. The molecule has 0 aliphatic heterocycles. The molecule has 0 aliphatic rings. The third-order valence-corrected chi connectivity index (χ3v) is 6.82. The van der Waals surface area contributed by atoms with Gasteiger partial charge in [0, 0.05) is 37.4 Å². The van der Waals surface area contributed by atoms with Gasteiger partial charge in [-0.1, -0.05) is 86.6 Å². The van der Waals surface area contributed by atoms with Gasteiger partial charge in [0.2, 0.25) is 11.8 Å². The molecule has 0 spiro atoms. The van der Waals surface area contributed by atoms with Gasteiger partial charge in [-0.2, -0.15) is 11.8 Å². The molecule has 1 N–H and O–H groups in total. The topological polar surface area (TPSA) is 49.4 Å². The molecule has 3 aromatic rings. The molecule has 1 atom stereocenters. The Labute approximate surface area is 218 Å². The van der Waals surface area contributed by atoms with Crippen LogP contribution in [0.25, 0.3) is 0 Å². The Hall–Kier alpha value is -3.12. The van der Waals surface area contributed by atoms with Gasteiger partial charge >= 0.3 is 0 Å². The summed E-state index contributed by atoms with van der Waals surface area (Å²) in [5.74, 6) is 1.19. The van der Waals surface area contributed by atoms with Crippen molar-refractivity contribution in [3.8, 4) is 0 Å². The zero-order valence-corrected chi connectivity index (χ0v) is 21.8. The molecule has 0 bridgehead atoms. The Bertz CT molecular complexity index is 1080. The van der Waals surface area contributed by atoms with Crippen LogP contribution < -0.4 is 5.32 Å². The standard InChI is InChI=1S/C30H35FN2O2S/c1-23(2)20-32-30(35)28(19-24-9-5-3-6-10-24)33(21-25-13-15-27(31)16-14-25)29(34)17-18-36-22-26-11-7-4-8-12-26/h3-16,23,28H,17-22H2,1-2H3,(H,32,35)/t28-/m1/s1. The first-order valence-electron chi connectivity index (χ1n) is 12.4. The van der Waals surface area contributed by atoms with Crippen molar-refractivity contribution < 1.29 is 14.0 Å². The third-order valence-electron chi connectivity index (χ3n) is 5.79. The number of rotatable bonds is 13. The zero-order chi connectivity index (χ0) is 25.8. The Balaban J connectivity index is 1.78. The molecule has 0 radical (unpaired) electrons. The minimum Gasteiger partial charge on any atom is -0.354 e. The molecular formula is C30H35FN2O2S.